The lowest BCUT2D eigenvalue weighted by Crippen LogP contribution is -2.01. The number of hydrogen-bond donors (Lipinski definition) is 0. The van der Waals surface area contributed by atoms with Crippen molar-refractivity contribution in [2.45, 2.75) is 0 Å². The third-order valence-electron chi connectivity index (χ3n) is 2.38. The van der Waals surface area contributed by atoms with E-state index in [-0.39, 0.29) is 5.02 Å². The van der Waals surface area contributed by atoms with Crippen LogP contribution in [0, 0.1) is 0 Å². The number of rotatable bonds is 3. The van der Waals surface area contributed by atoms with Gasteiger partial charge in [0.2, 0.25) is 0 Å². The Labute approximate surface area is 120 Å². The number of hydrogen-bond acceptors (Lipinski definition) is 3. The molecule has 2 rings (SSSR count). The van der Waals surface area contributed by atoms with Crippen LogP contribution in [0.25, 0.3) is 0 Å². The topological polar surface area (TPSA) is 35.5 Å². The van der Waals surface area contributed by atoms with E-state index in [9.17, 15) is 4.79 Å². The van der Waals surface area contributed by atoms with Crippen molar-refractivity contribution in [2.24, 2.45) is 0 Å². The maximum absolute atomic E-state index is 11.4. The predicted molar refractivity (Wildman–Crippen MR) is 74.3 cm³/mol. The molecule has 0 aromatic heterocycles. The van der Waals surface area contributed by atoms with Gasteiger partial charge in [-0.25, -0.2) is 4.79 Å². The Hall–Kier alpha value is -1.71. The average Bonchev–Trinajstić information content (AvgIpc) is 2.38. The van der Waals surface area contributed by atoms with Crippen molar-refractivity contribution in [2.75, 3.05) is 7.11 Å². The fourth-order valence-corrected chi connectivity index (χ4v) is 1.93. The lowest BCUT2D eigenvalue weighted by atomic mass is 10.2. The van der Waals surface area contributed by atoms with E-state index >= 15 is 0 Å². The molecule has 0 fully saturated rings. The summed E-state index contributed by atoms with van der Waals surface area (Å²) in [5.41, 5.74) is 0.294. The molecule has 0 amide bonds. The summed E-state index contributed by atoms with van der Waals surface area (Å²) < 4.78 is 10.2. The normalized spacial score (nSPS) is 10.1. The standard InChI is InChI=1S/C14H10Cl2O3/c1-18-14(17)12-6-5-11(8-13(12)16)19-10-4-2-3-9(15)7-10/h2-8H,1H3. The summed E-state index contributed by atoms with van der Waals surface area (Å²) in [4.78, 5) is 11.4. The van der Waals surface area contributed by atoms with Crippen molar-refractivity contribution < 1.29 is 14.3 Å². The Bertz CT molecular complexity index is 611. The van der Waals surface area contributed by atoms with E-state index in [1.54, 1.807) is 42.5 Å². The molecule has 98 valence electrons. The van der Waals surface area contributed by atoms with Crippen LogP contribution in [0.2, 0.25) is 10.0 Å². The van der Waals surface area contributed by atoms with E-state index in [4.69, 9.17) is 27.9 Å². The van der Waals surface area contributed by atoms with E-state index in [1.165, 1.54) is 7.11 Å². The first-order valence-electron chi connectivity index (χ1n) is 5.41. The van der Waals surface area contributed by atoms with Crippen LogP contribution in [0.3, 0.4) is 0 Å². The van der Waals surface area contributed by atoms with Gasteiger partial charge in [0.25, 0.3) is 0 Å². The molecular formula is C14H10Cl2O3. The summed E-state index contributed by atoms with van der Waals surface area (Å²) in [6.45, 7) is 0. The van der Waals surface area contributed by atoms with Gasteiger partial charge in [-0.3, -0.25) is 0 Å². The number of ether oxygens (including phenoxy) is 2. The van der Waals surface area contributed by atoms with Crippen molar-refractivity contribution in [1.29, 1.82) is 0 Å². The molecule has 0 spiro atoms. The molecule has 0 unspecified atom stereocenters. The smallest absolute Gasteiger partial charge is 0.339 e. The molecule has 2 aromatic carbocycles. The van der Waals surface area contributed by atoms with Crippen molar-refractivity contribution in [3.63, 3.8) is 0 Å². The molecule has 3 nitrogen and oxygen atoms in total. The van der Waals surface area contributed by atoms with E-state index in [0.29, 0.717) is 22.1 Å². The number of benzene rings is 2. The molecule has 0 saturated heterocycles. The first-order chi connectivity index (χ1) is 9.10. The quantitative estimate of drug-likeness (QED) is 0.778. The SMILES string of the molecule is COC(=O)c1ccc(Oc2cccc(Cl)c2)cc1Cl. The summed E-state index contributed by atoms with van der Waals surface area (Å²) in [5.74, 6) is 0.619. The van der Waals surface area contributed by atoms with Gasteiger partial charge < -0.3 is 9.47 Å². The van der Waals surface area contributed by atoms with Gasteiger partial charge in [-0.2, -0.15) is 0 Å². The zero-order chi connectivity index (χ0) is 13.8. The van der Waals surface area contributed by atoms with Gasteiger partial charge in [-0.05, 0) is 30.3 Å². The Balaban J connectivity index is 2.23. The highest BCUT2D eigenvalue weighted by Gasteiger charge is 2.11. The number of halogens is 2. The zero-order valence-electron chi connectivity index (χ0n) is 10.0. The van der Waals surface area contributed by atoms with Crippen LogP contribution >= 0.6 is 23.2 Å². The maximum Gasteiger partial charge on any atom is 0.339 e. The monoisotopic (exact) mass is 296 g/mol. The zero-order valence-corrected chi connectivity index (χ0v) is 11.5. The first-order valence-corrected chi connectivity index (χ1v) is 6.17. The first kappa shape index (κ1) is 13.7. The molecule has 0 atom stereocenters. The Morgan fingerprint density at radius 2 is 1.79 bits per heavy atom. The molecule has 0 aliphatic rings. The molecule has 0 saturated carbocycles. The van der Waals surface area contributed by atoms with Crippen molar-refractivity contribution >= 4 is 29.2 Å². The number of carbonyl (C=O) groups is 1. The highest BCUT2D eigenvalue weighted by atomic mass is 35.5. The van der Waals surface area contributed by atoms with E-state index in [0.717, 1.165) is 0 Å². The van der Waals surface area contributed by atoms with Crippen LogP contribution in [0.15, 0.2) is 42.5 Å². The summed E-state index contributed by atoms with van der Waals surface area (Å²) >= 11 is 11.9. The molecule has 0 aliphatic heterocycles. The molecule has 0 aliphatic carbocycles. The minimum absolute atomic E-state index is 0.270. The van der Waals surface area contributed by atoms with Gasteiger partial charge in [-0.15, -0.1) is 0 Å². The fourth-order valence-electron chi connectivity index (χ4n) is 1.50. The highest BCUT2D eigenvalue weighted by Crippen LogP contribution is 2.28. The summed E-state index contributed by atoms with van der Waals surface area (Å²) in [6.07, 6.45) is 0. The minimum Gasteiger partial charge on any atom is -0.465 e. The predicted octanol–water partition coefficient (Wildman–Crippen LogP) is 4.57. The van der Waals surface area contributed by atoms with Crippen LogP contribution in [0.4, 0.5) is 0 Å². The summed E-state index contributed by atoms with van der Waals surface area (Å²) in [5, 5.41) is 0.848. The van der Waals surface area contributed by atoms with Crippen molar-refractivity contribution in [1.82, 2.24) is 0 Å². The van der Waals surface area contributed by atoms with Crippen LogP contribution in [-0.4, -0.2) is 13.1 Å². The van der Waals surface area contributed by atoms with Crippen molar-refractivity contribution in [3.8, 4) is 11.5 Å². The number of esters is 1. The molecule has 2 aromatic rings. The van der Waals surface area contributed by atoms with Gasteiger partial charge in [-0.1, -0.05) is 29.3 Å². The largest absolute Gasteiger partial charge is 0.465 e. The third kappa shape index (κ3) is 3.40. The summed E-state index contributed by atoms with van der Waals surface area (Å²) in [7, 11) is 1.30. The second kappa shape index (κ2) is 5.95. The molecule has 19 heavy (non-hydrogen) atoms. The van der Waals surface area contributed by atoms with Gasteiger partial charge in [0.1, 0.15) is 11.5 Å². The van der Waals surface area contributed by atoms with E-state index in [2.05, 4.69) is 4.74 Å². The number of carbonyl (C=O) groups excluding carboxylic acids is 1. The van der Waals surface area contributed by atoms with Crippen LogP contribution in [-0.2, 0) is 4.74 Å². The van der Waals surface area contributed by atoms with Gasteiger partial charge in [0.15, 0.2) is 0 Å². The molecule has 0 radical (unpaired) electrons. The lowest BCUT2D eigenvalue weighted by molar-refractivity contribution is 0.0601. The molecule has 0 N–H and O–H groups in total. The summed E-state index contributed by atoms with van der Waals surface area (Å²) in [6, 6.07) is 11.7. The number of methoxy groups -OCH3 is 1. The Kier molecular flexibility index (Phi) is 4.30. The van der Waals surface area contributed by atoms with Gasteiger partial charge >= 0.3 is 5.97 Å². The molecule has 0 bridgehead atoms. The fraction of sp³-hybridized carbons (Fsp3) is 0.0714. The minimum atomic E-state index is -0.487. The van der Waals surface area contributed by atoms with E-state index < -0.39 is 5.97 Å². The lowest BCUT2D eigenvalue weighted by Gasteiger charge is -2.08. The third-order valence-corrected chi connectivity index (χ3v) is 2.93. The maximum atomic E-state index is 11.4. The Morgan fingerprint density at radius 1 is 1.05 bits per heavy atom. The van der Waals surface area contributed by atoms with Crippen LogP contribution in [0.1, 0.15) is 10.4 Å². The molecule has 5 heteroatoms. The molecule has 0 heterocycles. The second-order valence-electron chi connectivity index (χ2n) is 3.69. The average molecular weight is 297 g/mol. The van der Waals surface area contributed by atoms with Gasteiger partial charge in [0.05, 0.1) is 17.7 Å². The van der Waals surface area contributed by atoms with Crippen LogP contribution < -0.4 is 4.74 Å². The molecular weight excluding hydrogens is 287 g/mol. The van der Waals surface area contributed by atoms with Gasteiger partial charge in [0, 0.05) is 11.1 Å². The Morgan fingerprint density at radius 3 is 2.42 bits per heavy atom. The van der Waals surface area contributed by atoms with Crippen molar-refractivity contribution in [3.05, 3.63) is 58.1 Å². The second-order valence-corrected chi connectivity index (χ2v) is 4.54. The highest BCUT2D eigenvalue weighted by molar-refractivity contribution is 6.33. The van der Waals surface area contributed by atoms with Crippen LogP contribution in [0.5, 0.6) is 11.5 Å². The van der Waals surface area contributed by atoms with E-state index in [1.807, 2.05) is 0 Å².